The summed E-state index contributed by atoms with van der Waals surface area (Å²) in [5.74, 6) is -0.876. The highest BCUT2D eigenvalue weighted by Gasteiger charge is 2.29. The van der Waals surface area contributed by atoms with Crippen molar-refractivity contribution in [2.24, 2.45) is 5.16 Å². The lowest BCUT2D eigenvalue weighted by Gasteiger charge is -2.11. The van der Waals surface area contributed by atoms with Crippen LogP contribution < -0.4 is 5.32 Å². The molecular formula is C17H14FN3O4. The Labute approximate surface area is 142 Å². The summed E-state index contributed by atoms with van der Waals surface area (Å²) in [5.41, 5.74) is 1.91. The molecule has 0 saturated carbocycles. The van der Waals surface area contributed by atoms with Gasteiger partial charge in [-0.1, -0.05) is 23.4 Å². The predicted octanol–water partition coefficient (Wildman–Crippen LogP) is 3.17. The van der Waals surface area contributed by atoms with Gasteiger partial charge in [-0.15, -0.1) is 0 Å². The third kappa shape index (κ3) is 3.63. The van der Waals surface area contributed by atoms with E-state index in [4.69, 9.17) is 4.84 Å². The van der Waals surface area contributed by atoms with Gasteiger partial charge in [0, 0.05) is 24.1 Å². The third-order valence-corrected chi connectivity index (χ3v) is 3.81. The van der Waals surface area contributed by atoms with Gasteiger partial charge in [0.25, 0.3) is 11.6 Å². The second kappa shape index (κ2) is 6.68. The molecule has 1 atom stereocenters. The summed E-state index contributed by atoms with van der Waals surface area (Å²) in [5, 5.41) is 17.3. The Balaban J connectivity index is 1.70. The van der Waals surface area contributed by atoms with Gasteiger partial charge in [0.05, 0.1) is 16.3 Å². The number of nitrogens with zero attached hydrogens (tertiary/aromatic N) is 2. The molecule has 1 aliphatic rings. The average Bonchev–Trinajstić information content (AvgIpc) is 3.07. The van der Waals surface area contributed by atoms with Crippen molar-refractivity contribution in [3.63, 3.8) is 0 Å². The van der Waals surface area contributed by atoms with Crippen LogP contribution in [0, 0.1) is 22.9 Å². The molecule has 1 heterocycles. The van der Waals surface area contributed by atoms with Crippen LogP contribution in [0.15, 0.2) is 47.6 Å². The van der Waals surface area contributed by atoms with E-state index in [2.05, 4.69) is 10.5 Å². The lowest BCUT2D eigenvalue weighted by atomic mass is 10.0. The van der Waals surface area contributed by atoms with Crippen LogP contribution in [0.5, 0.6) is 0 Å². The number of hydrogen-bond acceptors (Lipinski definition) is 5. The van der Waals surface area contributed by atoms with E-state index in [0.29, 0.717) is 22.5 Å². The fourth-order valence-electron chi connectivity index (χ4n) is 2.43. The summed E-state index contributed by atoms with van der Waals surface area (Å²) in [6, 6.07) is 10.1. The van der Waals surface area contributed by atoms with E-state index in [1.54, 1.807) is 25.1 Å². The molecule has 0 bridgehead atoms. The Morgan fingerprint density at radius 2 is 2.16 bits per heavy atom. The molecule has 0 aliphatic carbocycles. The Kier molecular flexibility index (Phi) is 4.42. The van der Waals surface area contributed by atoms with E-state index in [1.807, 2.05) is 0 Å². The van der Waals surface area contributed by atoms with Crippen LogP contribution in [0.4, 0.5) is 15.8 Å². The van der Waals surface area contributed by atoms with Crippen LogP contribution in [0.1, 0.15) is 17.5 Å². The molecule has 0 spiro atoms. The Hall–Kier alpha value is -3.29. The van der Waals surface area contributed by atoms with Crippen molar-refractivity contribution < 1.29 is 18.9 Å². The number of halogens is 1. The first-order chi connectivity index (χ1) is 11.9. The lowest BCUT2D eigenvalue weighted by molar-refractivity contribution is -0.384. The molecule has 0 aromatic heterocycles. The number of nitrogens with one attached hydrogen (secondary N) is 1. The van der Waals surface area contributed by atoms with E-state index >= 15 is 0 Å². The van der Waals surface area contributed by atoms with E-state index in [1.165, 1.54) is 24.3 Å². The molecule has 2 aromatic rings. The van der Waals surface area contributed by atoms with Gasteiger partial charge in [0.1, 0.15) is 5.82 Å². The Morgan fingerprint density at radius 3 is 2.88 bits per heavy atom. The zero-order valence-corrected chi connectivity index (χ0v) is 13.2. The highest BCUT2D eigenvalue weighted by atomic mass is 19.1. The molecule has 8 heteroatoms. The number of nitro groups is 1. The van der Waals surface area contributed by atoms with Crippen LogP contribution in [0.2, 0.25) is 0 Å². The summed E-state index contributed by atoms with van der Waals surface area (Å²) in [4.78, 5) is 27.8. The second-order valence-electron chi connectivity index (χ2n) is 5.59. The van der Waals surface area contributed by atoms with Crippen LogP contribution >= 0.6 is 0 Å². The maximum absolute atomic E-state index is 13.3. The van der Waals surface area contributed by atoms with E-state index in [0.717, 1.165) is 0 Å². The number of nitro benzene ring substituents is 1. The van der Waals surface area contributed by atoms with Gasteiger partial charge in [0.2, 0.25) is 6.10 Å². The molecule has 0 radical (unpaired) electrons. The molecule has 7 nitrogen and oxygen atoms in total. The molecule has 0 unspecified atom stereocenters. The van der Waals surface area contributed by atoms with Crippen molar-refractivity contribution >= 4 is 23.0 Å². The molecule has 0 fully saturated rings. The molecule has 128 valence electrons. The fourth-order valence-corrected chi connectivity index (χ4v) is 2.43. The summed E-state index contributed by atoms with van der Waals surface area (Å²) >= 11 is 0. The van der Waals surface area contributed by atoms with Crippen molar-refractivity contribution in [2.75, 3.05) is 5.32 Å². The van der Waals surface area contributed by atoms with Crippen LogP contribution in [-0.2, 0) is 9.63 Å². The molecule has 1 N–H and O–H groups in total. The fraction of sp³-hybridized carbons (Fsp3) is 0.176. The molecule has 1 aliphatic heterocycles. The maximum atomic E-state index is 13.3. The van der Waals surface area contributed by atoms with Crippen LogP contribution in [-0.4, -0.2) is 22.6 Å². The quantitative estimate of drug-likeness (QED) is 0.681. The molecule has 0 saturated heterocycles. The molecule has 3 rings (SSSR count). The topological polar surface area (TPSA) is 93.8 Å². The van der Waals surface area contributed by atoms with Gasteiger partial charge in [-0.05, 0) is 24.6 Å². The van der Waals surface area contributed by atoms with Crippen molar-refractivity contribution in [1.29, 1.82) is 0 Å². The van der Waals surface area contributed by atoms with Gasteiger partial charge in [-0.3, -0.25) is 14.9 Å². The van der Waals surface area contributed by atoms with Crippen LogP contribution in [0.3, 0.4) is 0 Å². The van der Waals surface area contributed by atoms with Gasteiger partial charge < -0.3 is 10.2 Å². The number of amides is 1. The minimum atomic E-state index is -0.878. The predicted molar refractivity (Wildman–Crippen MR) is 88.9 cm³/mol. The summed E-state index contributed by atoms with van der Waals surface area (Å²) < 4.78 is 13.3. The standard InChI is InChI=1S/C17H14FN3O4/c1-10-5-6-13(21(23)24)8-14(10)19-17(22)16-9-15(20-25-16)11-3-2-4-12(18)7-11/h2-8,16H,9H2,1H3,(H,19,22)/t16-/m1/s1. The molecule has 25 heavy (non-hydrogen) atoms. The zero-order chi connectivity index (χ0) is 18.0. The van der Waals surface area contributed by atoms with E-state index in [-0.39, 0.29) is 12.1 Å². The first-order valence-electron chi connectivity index (χ1n) is 7.48. The first kappa shape index (κ1) is 16.6. The minimum absolute atomic E-state index is 0.120. The number of hydrogen-bond donors (Lipinski definition) is 1. The minimum Gasteiger partial charge on any atom is -0.382 e. The molecule has 2 aromatic carbocycles. The summed E-state index contributed by atoms with van der Waals surface area (Å²) in [6.45, 7) is 1.73. The SMILES string of the molecule is Cc1ccc([N+](=O)[O-])cc1NC(=O)[C@H]1CC(c2cccc(F)c2)=NO1. The normalized spacial score (nSPS) is 16.1. The van der Waals surface area contributed by atoms with E-state index < -0.39 is 22.8 Å². The third-order valence-electron chi connectivity index (χ3n) is 3.81. The monoisotopic (exact) mass is 343 g/mol. The number of benzene rings is 2. The van der Waals surface area contributed by atoms with Crippen molar-refractivity contribution in [1.82, 2.24) is 0 Å². The van der Waals surface area contributed by atoms with Crippen molar-refractivity contribution in [3.05, 3.63) is 69.5 Å². The number of oxime groups is 1. The van der Waals surface area contributed by atoms with Gasteiger partial charge in [0.15, 0.2) is 0 Å². The molecular weight excluding hydrogens is 329 g/mol. The lowest BCUT2D eigenvalue weighted by Crippen LogP contribution is -2.28. The smallest absolute Gasteiger partial charge is 0.271 e. The Bertz CT molecular complexity index is 882. The molecule has 1 amide bonds. The number of rotatable bonds is 4. The first-order valence-corrected chi connectivity index (χ1v) is 7.48. The summed E-state index contributed by atoms with van der Waals surface area (Å²) in [7, 11) is 0. The Morgan fingerprint density at radius 1 is 1.36 bits per heavy atom. The highest BCUT2D eigenvalue weighted by molar-refractivity contribution is 6.06. The van der Waals surface area contributed by atoms with Crippen molar-refractivity contribution in [2.45, 2.75) is 19.4 Å². The van der Waals surface area contributed by atoms with Gasteiger partial charge >= 0.3 is 0 Å². The van der Waals surface area contributed by atoms with Gasteiger partial charge in [-0.25, -0.2) is 4.39 Å². The highest BCUT2D eigenvalue weighted by Crippen LogP contribution is 2.24. The van der Waals surface area contributed by atoms with Crippen molar-refractivity contribution in [3.8, 4) is 0 Å². The largest absolute Gasteiger partial charge is 0.382 e. The second-order valence-corrected chi connectivity index (χ2v) is 5.59. The number of aryl methyl sites for hydroxylation is 1. The maximum Gasteiger partial charge on any atom is 0.271 e. The van der Waals surface area contributed by atoms with E-state index in [9.17, 15) is 19.3 Å². The summed E-state index contributed by atoms with van der Waals surface area (Å²) in [6.07, 6.45) is -0.694. The van der Waals surface area contributed by atoms with Gasteiger partial charge in [-0.2, -0.15) is 0 Å². The average molecular weight is 343 g/mol. The number of non-ortho nitro benzene ring substituents is 1. The number of carbonyl (C=O) groups is 1. The van der Waals surface area contributed by atoms with Crippen LogP contribution in [0.25, 0.3) is 0 Å². The number of carbonyl (C=O) groups excluding carboxylic acids is 1. The number of anilines is 1. The zero-order valence-electron chi connectivity index (χ0n) is 13.2.